The van der Waals surface area contributed by atoms with Crippen molar-refractivity contribution in [2.45, 2.75) is 13.0 Å². The molecular formula is C18H22N4O3. The molecule has 2 aromatic rings. The van der Waals surface area contributed by atoms with Crippen molar-refractivity contribution in [1.29, 1.82) is 0 Å². The first kappa shape index (κ1) is 16.2. The second kappa shape index (κ2) is 6.93. The number of hydrogen-bond donors (Lipinski definition) is 0. The molecule has 1 amide bonds. The molecule has 1 unspecified atom stereocenters. The van der Waals surface area contributed by atoms with E-state index in [1.165, 1.54) is 0 Å². The van der Waals surface area contributed by atoms with E-state index in [1.54, 1.807) is 0 Å². The first-order chi connectivity index (χ1) is 12.2. The van der Waals surface area contributed by atoms with E-state index in [4.69, 9.17) is 9.47 Å². The number of anilines is 1. The predicted octanol–water partition coefficient (Wildman–Crippen LogP) is 1.00. The van der Waals surface area contributed by atoms with Crippen molar-refractivity contribution in [1.82, 2.24) is 15.1 Å². The molecule has 2 aliphatic heterocycles. The van der Waals surface area contributed by atoms with Gasteiger partial charge in [0.1, 0.15) is 0 Å². The Hall–Kier alpha value is -2.25. The van der Waals surface area contributed by atoms with Gasteiger partial charge in [-0.2, -0.15) is 5.10 Å². The fraction of sp³-hybridized carbons (Fsp3) is 0.500. The van der Waals surface area contributed by atoms with Crippen LogP contribution in [0.1, 0.15) is 5.69 Å². The van der Waals surface area contributed by atoms with Crippen molar-refractivity contribution >= 4 is 22.5 Å². The molecule has 7 nitrogen and oxygen atoms in total. The molecule has 0 saturated carbocycles. The van der Waals surface area contributed by atoms with Crippen LogP contribution in [0.5, 0.6) is 0 Å². The van der Waals surface area contributed by atoms with Crippen LogP contribution in [0.4, 0.5) is 5.82 Å². The van der Waals surface area contributed by atoms with Crippen molar-refractivity contribution in [3.8, 4) is 0 Å². The monoisotopic (exact) mass is 342 g/mol. The van der Waals surface area contributed by atoms with E-state index >= 15 is 0 Å². The van der Waals surface area contributed by atoms with Gasteiger partial charge in [-0.25, -0.2) is 0 Å². The Bertz CT molecular complexity index is 776. The maximum absolute atomic E-state index is 12.7. The van der Waals surface area contributed by atoms with Crippen molar-refractivity contribution in [2.24, 2.45) is 0 Å². The highest BCUT2D eigenvalue weighted by Gasteiger charge is 2.32. The summed E-state index contributed by atoms with van der Waals surface area (Å²) in [6.45, 7) is 6.12. The molecule has 132 valence electrons. The number of ether oxygens (including phenoxy) is 2. The quantitative estimate of drug-likeness (QED) is 0.811. The van der Waals surface area contributed by atoms with Crippen LogP contribution in [0, 0.1) is 6.92 Å². The number of hydrogen-bond acceptors (Lipinski definition) is 6. The lowest BCUT2D eigenvalue weighted by molar-refractivity contribution is -0.148. The highest BCUT2D eigenvalue weighted by Crippen LogP contribution is 2.27. The Morgan fingerprint density at radius 3 is 2.64 bits per heavy atom. The highest BCUT2D eigenvalue weighted by atomic mass is 16.5. The molecule has 7 heteroatoms. The molecule has 25 heavy (non-hydrogen) atoms. The van der Waals surface area contributed by atoms with E-state index in [9.17, 15) is 4.79 Å². The van der Waals surface area contributed by atoms with Gasteiger partial charge in [-0.15, -0.1) is 5.10 Å². The maximum atomic E-state index is 12.7. The average Bonchev–Trinajstić information content (AvgIpc) is 2.69. The van der Waals surface area contributed by atoms with E-state index in [2.05, 4.69) is 27.2 Å². The minimum absolute atomic E-state index is 0.0392. The molecule has 0 bridgehead atoms. The van der Waals surface area contributed by atoms with E-state index in [0.29, 0.717) is 46.0 Å². The Kier molecular flexibility index (Phi) is 4.50. The third-order valence-corrected chi connectivity index (χ3v) is 4.82. The van der Waals surface area contributed by atoms with Gasteiger partial charge in [0.25, 0.3) is 5.91 Å². The van der Waals surface area contributed by atoms with Gasteiger partial charge in [-0.1, -0.05) is 24.3 Å². The minimum Gasteiger partial charge on any atom is -0.378 e. The molecule has 1 atom stereocenters. The average molecular weight is 342 g/mol. The highest BCUT2D eigenvalue weighted by molar-refractivity contribution is 5.93. The number of rotatable bonds is 2. The summed E-state index contributed by atoms with van der Waals surface area (Å²) in [5.74, 6) is 0.863. The molecule has 1 aromatic carbocycles. The zero-order chi connectivity index (χ0) is 17.2. The first-order valence-electron chi connectivity index (χ1n) is 8.69. The van der Waals surface area contributed by atoms with Gasteiger partial charge in [-0.3, -0.25) is 4.79 Å². The lowest BCUT2D eigenvalue weighted by Gasteiger charge is -2.36. The largest absolute Gasteiger partial charge is 0.378 e. The van der Waals surface area contributed by atoms with Crippen LogP contribution in [-0.2, 0) is 14.3 Å². The van der Waals surface area contributed by atoms with Gasteiger partial charge in [0, 0.05) is 30.4 Å². The number of benzene rings is 1. The number of nitrogens with zero attached hydrogens (tertiary/aromatic N) is 4. The number of fused-ring (bicyclic) bond motifs is 1. The molecule has 0 N–H and O–H groups in total. The molecule has 0 radical (unpaired) electrons. The Labute approximate surface area is 146 Å². The Balaban J connectivity index is 1.57. The molecule has 0 spiro atoms. The summed E-state index contributed by atoms with van der Waals surface area (Å²) >= 11 is 0. The van der Waals surface area contributed by atoms with E-state index < -0.39 is 6.10 Å². The summed E-state index contributed by atoms with van der Waals surface area (Å²) in [5, 5.41) is 10.9. The molecular weight excluding hydrogens is 320 g/mol. The molecule has 1 aromatic heterocycles. The SMILES string of the molecule is Cc1nnc(N2CCOC(C(=O)N3CCOCC3)C2)c2ccccc12. The van der Waals surface area contributed by atoms with E-state index in [1.807, 2.05) is 24.0 Å². The summed E-state index contributed by atoms with van der Waals surface area (Å²) in [7, 11) is 0. The van der Waals surface area contributed by atoms with Crippen LogP contribution < -0.4 is 4.90 Å². The summed E-state index contributed by atoms with van der Waals surface area (Å²) in [4.78, 5) is 16.7. The molecule has 0 aliphatic carbocycles. The first-order valence-corrected chi connectivity index (χ1v) is 8.69. The van der Waals surface area contributed by atoms with Gasteiger partial charge in [0.15, 0.2) is 11.9 Å². The fourth-order valence-electron chi connectivity index (χ4n) is 3.44. The summed E-state index contributed by atoms with van der Waals surface area (Å²) in [6, 6.07) is 8.12. The van der Waals surface area contributed by atoms with Crippen molar-refractivity contribution in [3.63, 3.8) is 0 Å². The summed E-state index contributed by atoms with van der Waals surface area (Å²) in [5.41, 5.74) is 0.911. The third kappa shape index (κ3) is 3.17. The molecule has 2 saturated heterocycles. The standard InChI is InChI=1S/C18H22N4O3/c1-13-14-4-2-3-5-15(14)17(20-19-13)22-8-11-25-16(12-22)18(23)21-6-9-24-10-7-21/h2-5,16H,6-12H2,1H3. The van der Waals surface area contributed by atoms with Gasteiger partial charge in [0.2, 0.25) is 0 Å². The molecule has 3 heterocycles. The van der Waals surface area contributed by atoms with Crippen LogP contribution in [0.3, 0.4) is 0 Å². The van der Waals surface area contributed by atoms with E-state index in [0.717, 1.165) is 22.3 Å². The Morgan fingerprint density at radius 2 is 1.84 bits per heavy atom. The van der Waals surface area contributed by atoms with Crippen molar-refractivity contribution < 1.29 is 14.3 Å². The maximum Gasteiger partial charge on any atom is 0.253 e. The van der Waals surface area contributed by atoms with Crippen LogP contribution in [-0.4, -0.2) is 73.1 Å². The molecule has 2 aliphatic rings. The smallest absolute Gasteiger partial charge is 0.253 e. The minimum atomic E-state index is -0.464. The van der Waals surface area contributed by atoms with Crippen LogP contribution in [0.25, 0.3) is 10.8 Å². The van der Waals surface area contributed by atoms with Crippen molar-refractivity contribution in [2.75, 3.05) is 50.9 Å². The number of morpholine rings is 2. The summed E-state index contributed by atoms with van der Waals surface area (Å²) in [6.07, 6.45) is -0.464. The van der Waals surface area contributed by atoms with Crippen molar-refractivity contribution in [3.05, 3.63) is 30.0 Å². The summed E-state index contributed by atoms with van der Waals surface area (Å²) < 4.78 is 11.1. The second-order valence-electron chi connectivity index (χ2n) is 6.40. The van der Waals surface area contributed by atoms with Gasteiger partial charge in [-0.05, 0) is 6.92 Å². The second-order valence-corrected chi connectivity index (χ2v) is 6.40. The lowest BCUT2D eigenvalue weighted by atomic mass is 10.1. The number of carbonyl (C=O) groups is 1. The predicted molar refractivity (Wildman–Crippen MR) is 93.6 cm³/mol. The zero-order valence-electron chi connectivity index (χ0n) is 14.4. The number of amides is 1. The van der Waals surface area contributed by atoms with Gasteiger partial charge < -0.3 is 19.3 Å². The topological polar surface area (TPSA) is 67.8 Å². The number of aromatic nitrogens is 2. The van der Waals surface area contributed by atoms with Crippen LogP contribution >= 0.6 is 0 Å². The van der Waals surface area contributed by atoms with Gasteiger partial charge in [0.05, 0.1) is 32.1 Å². The normalized spacial score (nSPS) is 21.6. The number of carbonyl (C=O) groups excluding carboxylic acids is 1. The van der Waals surface area contributed by atoms with Gasteiger partial charge >= 0.3 is 0 Å². The van der Waals surface area contributed by atoms with Crippen LogP contribution in [0.2, 0.25) is 0 Å². The molecule has 4 rings (SSSR count). The molecule has 2 fully saturated rings. The van der Waals surface area contributed by atoms with Crippen LogP contribution in [0.15, 0.2) is 24.3 Å². The number of aryl methyl sites for hydroxylation is 1. The zero-order valence-corrected chi connectivity index (χ0v) is 14.4. The third-order valence-electron chi connectivity index (χ3n) is 4.82. The Morgan fingerprint density at radius 1 is 1.08 bits per heavy atom. The lowest BCUT2D eigenvalue weighted by Crippen LogP contribution is -2.53. The van der Waals surface area contributed by atoms with E-state index in [-0.39, 0.29) is 5.91 Å². The fourth-order valence-corrected chi connectivity index (χ4v) is 3.44.